The summed E-state index contributed by atoms with van der Waals surface area (Å²) >= 11 is 0. The summed E-state index contributed by atoms with van der Waals surface area (Å²) in [5, 5.41) is 2.91. The van der Waals surface area contributed by atoms with Gasteiger partial charge in [-0.3, -0.25) is 9.78 Å². The Morgan fingerprint density at radius 3 is 3.07 bits per heavy atom. The van der Waals surface area contributed by atoms with Crippen molar-refractivity contribution in [2.24, 2.45) is 0 Å². The quantitative estimate of drug-likeness (QED) is 0.743. The molecule has 0 spiro atoms. The number of benzene rings is 1. The number of H-pyrrole nitrogens is 1. The normalized spacial score (nSPS) is 13.3. The molecule has 2 N–H and O–H groups in total. The van der Waals surface area contributed by atoms with Gasteiger partial charge in [0, 0.05) is 24.6 Å². The number of rotatable bonds is 3. The van der Waals surface area contributed by atoms with E-state index in [9.17, 15) is 9.59 Å². The smallest absolute Gasteiger partial charge is 0.410 e. The molecule has 1 aliphatic heterocycles. The van der Waals surface area contributed by atoms with E-state index in [-0.39, 0.29) is 12.0 Å². The van der Waals surface area contributed by atoms with Crippen molar-refractivity contribution in [2.75, 3.05) is 18.5 Å². The predicted molar refractivity (Wildman–Crippen MR) is 99.4 cm³/mol. The number of fused-ring (bicyclic) bond motifs is 2. The molecule has 8 nitrogen and oxygen atoms in total. The lowest BCUT2D eigenvalue weighted by Gasteiger charge is -2.28. The average Bonchev–Trinajstić information content (AvgIpc) is 3.15. The molecule has 0 aliphatic carbocycles. The fourth-order valence-electron chi connectivity index (χ4n) is 3.27. The highest BCUT2D eigenvalue weighted by atomic mass is 16.6. The zero-order chi connectivity index (χ0) is 18.8. The number of aromatic nitrogens is 3. The molecular formula is C19H19N5O3. The Labute approximate surface area is 155 Å². The van der Waals surface area contributed by atoms with Crippen LogP contribution < -0.4 is 5.32 Å². The van der Waals surface area contributed by atoms with Gasteiger partial charge in [0.1, 0.15) is 0 Å². The number of aromatic amines is 1. The molecule has 0 radical (unpaired) electrons. The van der Waals surface area contributed by atoms with Crippen LogP contribution in [-0.4, -0.2) is 45.0 Å². The standard InChI is InChI=1S/C19H19N5O3/c1-2-27-19(26)24-6-5-14-12(10-24)8-20-9-15(14)18(25)23-13-3-4-16-17(7-13)22-11-21-16/h3-4,7-9,11H,2,5-6,10H2,1H3,(H,21,22)(H,23,25). The first kappa shape index (κ1) is 17.0. The molecule has 0 bridgehead atoms. The van der Waals surface area contributed by atoms with E-state index in [0.717, 1.165) is 22.2 Å². The number of nitrogens with zero attached hydrogens (tertiary/aromatic N) is 3. The molecule has 2 aromatic heterocycles. The fraction of sp³-hybridized carbons (Fsp3) is 0.263. The summed E-state index contributed by atoms with van der Waals surface area (Å²) in [6, 6.07) is 5.50. The second-order valence-corrected chi connectivity index (χ2v) is 6.28. The molecule has 1 aromatic carbocycles. The van der Waals surface area contributed by atoms with Crippen molar-refractivity contribution in [3.05, 3.63) is 53.6 Å². The van der Waals surface area contributed by atoms with E-state index in [2.05, 4.69) is 20.3 Å². The van der Waals surface area contributed by atoms with Crippen molar-refractivity contribution < 1.29 is 14.3 Å². The summed E-state index contributed by atoms with van der Waals surface area (Å²) in [6.45, 7) is 3.02. The maximum absolute atomic E-state index is 12.8. The number of anilines is 1. The summed E-state index contributed by atoms with van der Waals surface area (Å²) in [7, 11) is 0. The number of carbonyl (C=O) groups is 2. The first-order chi connectivity index (χ1) is 13.2. The number of amides is 2. The van der Waals surface area contributed by atoms with Gasteiger partial charge in [-0.05, 0) is 42.7 Å². The zero-order valence-electron chi connectivity index (χ0n) is 14.9. The SMILES string of the molecule is CCOC(=O)N1CCc2c(cncc2C(=O)Nc2ccc3nc[nH]c3c2)C1. The van der Waals surface area contributed by atoms with Crippen LogP contribution in [0.3, 0.4) is 0 Å². The Morgan fingerprint density at radius 2 is 2.22 bits per heavy atom. The van der Waals surface area contributed by atoms with Crippen LogP contribution in [0, 0.1) is 0 Å². The van der Waals surface area contributed by atoms with Crippen LogP contribution in [0.5, 0.6) is 0 Å². The van der Waals surface area contributed by atoms with Crippen LogP contribution in [-0.2, 0) is 17.7 Å². The van der Waals surface area contributed by atoms with E-state index in [4.69, 9.17) is 4.74 Å². The molecule has 4 rings (SSSR count). The lowest BCUT2D eigenvalue weighted by molar-refractivity contribution is 0.101. The molecule has 0 atom stereocenters. The molecule has 0 fully saturated rings. The van der Waals surface area contributed by atoms with Crippen LogP contribution in [0.15, 0.2) is 36.9 Å². The van der Waals surface area contributed by atoms with Gasteiger partial charge in [-0.1, -0.05) is 0 Å². The van der Waals surface area contributed by atoms with Crippen molar-refractivity contribution in [3.63, 3.8) is 0 Å². The maximum Gasteiger partial charge on any atom is 0.410 e. The van der Waals surface area contributed by atoms with Gasteiger partial charge in [-0.25, -0.2) is 9.78 Å². The second kappa shape index (κ2) is 7.06. The van der Waals surface area contributed by atoms with Gasteiger partial charge in [0.25, 0.3) is 5.91 Å². The number of nitrogens with one attached hydrogen (secondary N) is 2. The van der Waals surface area contributed by atoms with E-state index in [0.29, 0.717) is 37.4 Å². The molecule has 2 amide bonds. The molecule has 8 heteroatoms. The third kappa shape index (κ3) is 3.33. The molecular weight excluding hydrogens is 346 g/mol. The van der Waals surface area contributed by atoms with E-state index in [1.54, 1.807) is 30.5 Å². The molecule has 3 aromatic rings. The van der Waals surface area contributed by atoms with E-state index in [1.165, 1.54) is 0 Å². The van der Waals surface area contributed by atoms with Gasteiger partial charge < -0.3 is 19.9 Å². The topological polar surface area (TPSA) is 100 Å². The molecule has 0 unspecified atom stereocenters. The molecule has 1 aliphatic rings. The van der Waals surface area contributed by atoms with Gasteiger partial charge in [0.2, 0.25) is 0 Å². The monoisotopic (exact) mass is 365 g/mol. The Kier molecular flexibility index (Phi) is 4.45. The third-order valence-electron chi connectivity index (χ3n) is 4.59. The molecule has 138 valence electrons. The Balaban J connectivity index is 1.55. The molecule has 27 heavy (non-hydrogen) atoms. The van der Waals surface area contributed by atoms with Crippen LogP contribution >= 0.6 is 0 Å². The van der Waals surface area contributed by atoms with Crippen LogP contribution in [0.1, 0.15) is 28.4 Å². The number of hydrogen-bond acceptors (Lipinski definition) is 5. The first-order valence-corrected chi connectivity index (χ1v) is 8.77. The Morgan fingerprint density at radius 1 is 1.33 bits per heavy atom. The second-order valence-electron chi connectivity index (χ2n) is 6.28. The van der Waals surface area contributed by atoms with Gasteiger partial charge in [-0.15, -0.1) is 0 Å². The van der Waals surface area contributed by atoms with Crippen LogP contribution in [0.25, 0.3) is 11.0 Å². The minimum absolute atomic E-state index is 0.220. The average molecular weight is 365 g/mol. The van der Waals surface area contributed by atoms with Crippen LogP contribution in [0.4, 0.5) is 10.5 Å². The number of hydrogen-bond donors (Lipinski definition) is 2. The maximum atomic E-state index is 12.8. The van der Waals surface area contributed by atoms with E-state index >= 15 is 0 Å². The minimum Gasteiger partial charge on any atom is -0.450 e. The van der Waals surface area contributed by atoms with Crippen LogP contribution in [0.2, 0.25) is 0 Å². The summed E-state index contributed by atoms with van der Waals surface area (Å²) in [6.07, 6.45) is 5.13. The number of ether oxygens (including phenoxy) is 1. The van der Waals surface area contributed by atoms with E-state index < -0.39 is 0 Å². The first-order valence-electron chi connectivity index (χ1n) is 8.77. The Hall–Kier alpha value is -3.42. The fourth-order valence-corrected chi connectivity index (χ4v) is 3.27. The Bertz CT molecular complexity index is 1010. The van der Waals surface area contributed by atoms with Crippen molar-refractivity contribution >= 4 is 28.7 Å². The van der Waals surface area contributed by atoms with Gasteiger partial charge >= 0.3 is 6.09 Å². The largest absolute Gasteiger partial charge is 0.450 e. The minimum atomic E-state index is -0.342. The molecule has 3 heterocycles. The lowest BCUT2D eigenvalue weighted by atomic mass is 9.97. The summed E-state index contributed by atoms with van der Waals surface area (Å²) in [5.74, 6) is -0.220. The molecule has 0 saturated heterocycles. The zero-order valence-corrected chi connectivity index (χ0v) is 14.9. The van der Waals surface area contributed by atoms with Gasteiger partial charge in [0.05, 0.1) is 36.1 Å². The lowest BCUT2D eigenvalue weighted by Crippen LogP contribution is -2.37. The number of pyridine rings is 1. The number of imidazole rings is 1. The summed E-state index contributed by atoms with van der Waals surface area (Å²) in [4.78, 5) is 37.8. The van der Waals surface area contributed by atoms with Crippen molar-refractivity contribution in [3.8, 4) is 0 Å². The predicted octanol–water partition coefficient (Wildman–Crippen LogP) is 2.72. The summed E-state index contributed by atoms with van der Waals surface area (Å²) < 4.78 is 5.06. The highest BCUT2D eigenvalue weighted by molar-refractivity contribution is 6.06. The van der Waals surface area contributed by atoms with Gasteiger partial charge in [-0.2, -0.15) is 0 Å². The summed E-state index contributed by atoms with van der Waals surface area (Å²) in [5.41, 5.74) is 4.69. The highest BCUT2D eigenvalue weighted by Crippen LogP contribution is 2.23. The van der Waals surface area contributed by atoms with Crippen molar-refractivity contribution in [1.29, 1.82) is 0 Å². The third-order valence-corrected chi connectivity index (χ3v) is 4.59. The van der Waals surface area contributed by atoms with Crippen molar-refractivity contribution in [2.45, 2.75) is 19.9 Å². The highest BCUT2D eigenvalue weighted by Gasteiger charge is 2.25. The van der Waals surface area contributed by atoms with Gasteiger partial charge in [0.15, 0.2) is 0 Å². The van der Waals surface area contributed by atoms with E-state index in [1.807, 2.05) is 18.2 Å². The molecule has 0 saturated carbocycles. The van der Waals surface area contributed by atoms with Crippen molar-refractivity contribution in [1.82, 2.24) is 19.9 Å². The number of carbonyl (C=O) groups excluding carboxylic acids is 2.